The molecule has 0 aromatic rings. The zero-order valence-electron chi connectivity index (χ0n) is 10.4. The van der Waals surface area contributed by atoms with Gasteiger partial charge in [-0.2, -0.15) is 0 Å². The summed E-state index contributed by atoms with van der Waals surface area (Å²) in [5.74, 6) is -0.658. The van der Waals surface area contributed by atoms with E-state index < -0.39 is 22.3 Å². The first-order valence-electron chi connectivity index (χ1n) is 4.93. The topological polar surface area (TPSA) is 40.5 Å². The largest absolute Gasteiger partial charge is 0.480 e. The van der Waals surface area contributed by atoms with Crippen molar-refractivity contribution in [1.29, 1.82) is 0 Å². The van der Waals surface area contributed by atoms with Crippen molar-refractivity contribution in [2.75, 3.05) is 7.05 Å². The number of nitrogens with zero attached hydrogens (tertiary/aromatic N) is 1. The van der Waals surface area contributed by atoms with Gasteiger partial charge in [0.25, 0.3) is 0 Å². The molecule has 0 aliphatic rings. The van der Waals surface area contributed by atoms with E-state index in [4.69, 9.17) is 0 Å². The summed E-state index contributed by atoms with van der Waals surface area (Å²) in [7, 11) is -1.21. The fourth-order valence-corrected chi connectivity index (χ4v) is 6.62. The van der Waals surface area contributed by atoms with Crippen molar-refractivity contribution in [2.24, 2.45) is 0 Å². The van der Waals surface area contributed by atoms with Gasteiger partial charge in [0.05, 0.1) is 13.7 Å². The Labute approximate surface area is 89.2 Å². The van der Waals surface area contributed by atoms with Gasteiger partial charge in [0, 0.05) is 0 Å². The monoisotopic (exact) mass is 233 g/mol. The number of rotatable bonds is 4. The molecule has 0 amide bonds. The van der Waals surface area contributed by atoms with Gasteiger partial charge < -0.3 is 9.67 Å². The minimum Gasteiger partial charge on any atom is -0.480 e. The molecule has 0 radical (unpaired) electrons. The Bertz CT molecular complexity index is 218. The van der Waals surface area contributed by atoms with Crippen LogP contribution in [0.4, 0.5) is 0 Å². The summed E-state index contributed by atoms with van der Waals surface area (Å²) in [5.41, 5.74) is -0.255. The summed E-state index contributed by atoms with van der Waals surface area (Å²) in [4.78, 5) is 11.2. The number of carboxylic acids is 1. The van der Waals surface area contributed by atoms with Crippen molar-refractivity contribution >= 4 is 22.3 Å². The number of carbonyl (C=O) groups is 1. The summed E-state index contributed by atoms with van der Waals surface area (Å²) in [6.45, 7) is 12.9. The Balaban J connectivity index is 4.96. The molecule has 1 N–H and O–H groups in total. The fourth-order valence-electron chi connectivity index (χ4n) is 1.50. The van der Waals surface area contributed by atoms with E-state index in [9.17, 15) is 9.90 Å². The predicted octanol–water partition coefficient (Wildman–Crippen LogP) is 2.08. The molecule has 0 saturated carbocycles. The third-order valence-electron chi connectivity index (χ3n) is 2.50. The van der Waals surface area contributed by atoms with E-state index in [1.807, 2.05) is 7.05 Å². The molecule has 5 heteroatoms. The molecule has 0 aromatic carbocycles. The average Bonchev–Trinajstić information content (AvgIpc) is 1.79. The first kappa shape index (κ1) is 13.9. The van der Waals surface area contributed by atoms with Gasteiger partial charge in [0.2, 0.25) is 0 Å². The van der Waals surface area contributed by atoms with Gasteiger partial charge >= 0.3 is 5.97 Å². The summed E-state index contributed by atoms with van der Waals surface area (Å²) in [6, 6.07) is 0. The van der Waals surface area contributed by atoms with Crippen molar-refractivity contribution in [3.63, 3.8) is 0 Å². The quantitative estimate of drug-likeness (QED) is 0.756. The molecule has 84 valence electrons. The molecule has 0 aromatic heterocycles. The standard InChI is InChI=1S/C9H23NO2Si2/c1-10(14(5,6)7)8(9(11)12)13(2,3)4/h8H,1-7H3,(H,11,12). The predicted molar refractivity (Wildman–Crippen MR) is 65.9 cm³/mol. The van der Waals surface area contributed by atoms with Gasteiger partial charge in [0.15, 0.2) is 0 Å². The van der Waals surface area contributed by atoms with E-state index >= 15 is 0 Å². The van der Waals surface area contributed by atoms with Crippen LogP contribution in [0.15, 0.2) is 0 Å². The molecular formula is C9H23NO2Si2. The van der Waals surface area contributed by atoms with Crippen LogP contribution in [0.25, 0.3) is 0 Å². The maximum atomic E-state index is 11.2. The Morgan fingerprint density at radius 2 is 1.50 bits per heavy atom. The molecule has 0 heterocycles. The van der Waals surface area contributed by atoms with E-state index in [0.717, 1.165) is 0 Å². The number of carboxylic acid groups (broad SMARTS) is 1. The van der Waals surface area contributed by atoms with Crippen molar-refractivity contribution in [1.82, 2.24) is 4.57 Å². The highest BCUT2D eigenvalue weighted by Crippen LogP contribution is 2.19. The Kier molecular flexibility index (Phi) is 4.12. The van der Waals surface area contributed by atoms with Crippen LogP contribution in [-0.2, 0) is 4.79 Å². The summed E-state index contributed by atoms with van der Waals surface area (Å²) >= 11 is 0. The molecule has 0 spiro atoms. The summed E-state index contributed by atoms with van der Waals surface area (Å²) < 4.78 is 2.11. The zero-order chi connectivity index (χ0) is 11.7. The second-order valence-corrected chi connectivity index (χ2v) is 16.2. The smallest absolute Gasteiger partial charge is 0.317 e. The lowest BCUT2D eigenvalue weighted by atomic mass is 10.6. The molecule has 0 aliphatic heterocycles. The molecule has 3 nitrogen and oxygen atoms in total. The molecule has 14 heavy (non-hydrogen) atoms. The SMILES string of the molecule is CN(C(C(=O)O)[Si](C)(C)C)[Si](C)(C)C. The fraction of sp³-hybridized carbons (Fsp3) is 0.889. The average molecular weight is 233 g/mol. The van der Waals surface area contributed by atoms with E-state index in [1.165, 1.54) is 0 Å². The van der Waals surface area contributed by atoms with Gasteiger partial charge in [-0.25, -0.2) is 0 Å². The Hall–Kier alpha value is -0.136. The van der Waals surface area contributed by atoms with Crippen LogP contribution in [0, 0.1) is 0 Å². The zero-order valence-corrected chi connectivity index (χ0v) is 12.4. The van der Waals surface area contributed by atoms with Gasteiger partial charge in [-0.15, -0.1) is 0 Å². The maximum absolute atomic E-state index is 11.2. The van der Waals surface area contributed by atoms with Gasteiger partial charge in [-0.1, -0.05) is 39.3 Å². The normalized spacial score (nSPS) is 15.7. The van der Waals surface area contributed by atoms with Crippen LogP contribution in [-0.4, -0.2) is 44.7 Å². The first-order chi connectivity index (χ1) is 5.98. The van der Waals surface area contributed by atoms with Crippen molar-refractivity contribution < 1.29 is 9.90 Å². The molecule has 0 aliphatic carbocycles. The first-order valence-corrected chi connectivity index (χ1v) is 12.0. The van der Waals surface area contributed by atoms with Crippen LogP contribution < -0.4 is 0 Å². The van der Waals surface area contributed by atoms with E-state index in [0.29, 0.717) is 0 Å². The maximum Gasteiger partial charge on any atom is 0.317 e. The molecular weight excluding hydrogens is 210 g/mol. The highest BCUT2D eigenvalue weighted by atomic mass is 28.3. The lowest BCUT2D eigenvalue weighted by Crippen LogP contribution is -2.61. The van der Waals surface area contributed by atoms with Crippen LogP contribution >= 0.6 is 0 Å². The van der Waals surface area contributed by atoms with E-state index in [1.54, 1.807) is 0 Å². The lowest BCUT2D eigenvalue weighted by Gasteiger charge is -2.40. The second kappa shape index (κ2) is 4.16. The van der Waals surface area contributed by atoms with Crippen LogP contribution in [0.2, 0.25) is 39.3 Å². The van der Waals surface area contributed by atoms with Crippen molar-refractivity contribution in [3.05, 3.63) is 0 Å². The van der Waals surface area contributed by atoms with Crippen LogP contribution in [0.3, 0.4) is 0 Å². The highest BCUT2D eigenvalue weighted by molar-refractivity contribution is 6.83. The number of hydrogen-bond acceptors (Lipinski definition) is 2. The molecule has 1 unspecified atom stereocenters. The molecule has 0 fully saturated rings. The Morgan fingerprint density at radius 1 is 1.14 bits per heavy atom. The number of likely N-dealkylation sites (N-methyl/N-ethyl adjacent to an activating group) is 1. The van der Waals surface area contributed by atoms with Crippen molar-refractivity contribution in [3.8, 4) is 0 Å². The highest BCUT2D eigenvalue weighted by Gasteiger charge is 2.40. The van der Waals surface area contributed by atoms with Gasteiger partial charge in [-0.05, 0) is 7.05 Å². The lowest BCUT2D eigenvalue weighted by molar-refractivity contribution is -0.138. The molecule has 0 saturated heterocycles. The molecule has 0 rings (SSSR count). The van der Waals surface area contributed by atoms with Gasteiger partial charge in [-0.3, -0.25) is 4.79 Å². The summed E-state index contributed by atoms with van der Waals surface area (Å²) in [6.07, 6.45) is 0. The third-order valence-corrected chi connectivity index (χ3v) is 7.41. The third kappa shape index (κ3) is 3.55. The number of aliphatic carboxylic acids is 1. The summed E-state index contributed by atoms with van der Waals surface area (Å²) in [5, 5.41) is 9.26. The Morgan fingerprint density at radius 3 is 1.57 bits per heavy atom. The van der Waals surface area contributed by atoms with Crippen LogP contribution in [0.5, 0.6) is 0 Å². The molecule has 1 atom stereocenters. The molecule has 0 bridgehead atoms. The van der Waals surface area contributed by atoms with E-state index in [2.05, 4.69) is 43.8 Å². The van der Waals surface area contributed by atoms with Crippen molar-refractivity contribution in [2.45, 2.75) is 44.9 Å². The second-order valence-electron chi connectivity index (χ2n) is 5.89. The van der Waals surface area contributed by atoms with E-state index in [-0.39, 0.29) is 5.67 Å². The minimum atomic E-state index is -1.66. The minimum absolute atomic E-state index is 0.255. The number of hydrogen-bond donors (Lipinski definition) is 1. The van der Waals surface area contributed by atoms with Crippen LogP contribution in [0.1, 0.15) is 0 Å². The van der Waals surface area contributed by atoms with Gasteiger partial charge in [0.1, 0.15) is 8.24 Å².